The number of aromatic nitrogens is 19. The molecule has 10 atom stereocenters. The van der Waals surface area contributed by atoms with Crippen LogP contribution in [0.5, 0.6) is 17.2 Å². The summed E-state index contributed by atoms with van der Waals surface area (Å²) in [6, 6.07) is 72.5. The molecule has 0 amide bonds. The molecular weight excluding hydrogens is 1820 g/mol. The molecule has 38 heteroatoms. The number of rotatable bonds is 33. The third kappa shape index (κ3) is 22.5. The summed E-state index contributed by atoms with van der Waals surface area (Å²) in [6.45, 7) is 25.5. The van der Waals surface area contributed by atoms with Gasteiger partial charge in [0, 0.05) is 148 Å². The van der Waals surface area contributed by atoms with E-state index in [9.17, 15) is 14.4 Å². The first-order valence-electron chi connectivity index (χ1n) is 48.9. The van der Waals surface area contributed by atoms with Crippen molar-refractivity contribution in [1.82, 2.24) is 93.4 Å². The average Bonchev–Trinajstić information content (AvgIpc) is 1.63. The maximum atomic E-state index is 12.9. The molecule has 6 aliphatic rings. The predicted octanol–water partition coefficient (Wildman–Crippen LogP) is 11.3. The van der Waals surface area contributed by atoms with Gasteiger partial charge in [0.2, 0.25) is 11.6 Å². The molecule has 8 aromatic carbocycles. The van der Waals surface area contributed by atoms with Crippen LogP contribution in [-0.4, -0.2) is 236 Å². The molecule has 0 aliphatic carbocycles. The first-order valence-corrected chi connectivity index (χ1v) is 48.9. The fourth-order valence-electron chi connectivity index (χ4n) is 18.5. The summed E-state index contributed by atoms with van der Waals surface area (Å²) in [4.78, 5) is 55.9. The van der Waals surface area contributed by atoms with Crippen molar-refractivity contribution in [2.45, 2.75) is 134 Å². The number of ether oxygens (including phenoxy) is 9. The number of benzene rings is 8. The van der Waals surface area contributed by atoms with Crippen molar-refractivity contribution in [3.05, 3.63) is 341 Å². The van der Waals surface area contributed by atoms with Gasteiger partial charge < -0.3 is 77.8 Å². The lowest BCUT2D eigenvalue weighted by atomic mass is 9.99. The molecule has 0 bridgehead atoms. The minimum Gasteiger partial charge on any atom is -0.491 e. The van der Waals surface area contributed by atoms with Gasteiger partial charge in [0.25, 0.3) is 0 Å². The Labute approximate surface area is 827 Å². The lowest BCUT2D eigenvalue weighted by Crippen LogP contribution is -2.46. The summed E-state index contributed by atoms with van der Waals surface area (Å²) in [5, 5.41) is 45.6. The Bertz CT molecular complexity index is 6710. The monoisotopic (exact) mass is 1940 g/mol. The van der Waals surface area contributed by atoms with E-state index in [0.29, 0.717) is 52.6 Å². The van der Waals surface area contributed by atoms with Crippen molar-refractivity contribution >= 4 is 34.1 Å². The zero-order valence-corrected chi connectivity index (χ0v) is 81.1. The number of anilines is 6. The number of nitrogens with zero attached hydrogens (tertiary/aromatic N) is 25. The third-order valence-electron chi connectivity index (χ3n) is 27.2. The van der Waals surface area contributed by atoms with Crippen molar-refractivity contribution in [2.24, 2.45) is 5.73 Å². The molecule has 0 spiro atoms. The van der Waals surface area contributed by atoms with Crippen molar-refractivity contribution in [3.8, 4) is 34.3 Å². The highest BCUT2D eigenvalue weighted by Gasteiger charge is 2.48. The van der Waals surface area contributed by atoms with Crippen LogP contribution in [0, 0.1) is 0 Å². The summed E-state index contributed by atoms with van der Waals surface area (Å²) in [5.41, 5.74) is 18.5. The molecule has 15 aromatic rings. The van der Waals surface area contributed by atoms with Gasteiger partial charge in [-0.2, -0.15) is 65.7 Å². The number of nitrogens with two attached hydrogens (primary N) is 1. The molecule has 6 fully saturated rings. The Kier molecular flexibility index (Phi) is 30.1. The Morgan fingerprint density at radius 2 is 0.636 bits per heavy atom. The van der Waals surface area contributed by atoms with Crippen LogP contribution < -0.4 is 66.4 Å². The lowest BCUT2D eigenvalue weighted by molar-refractivity contribution is -0.193. The average molecular weight is 1940 g/mol. The SMILES string of the molecule is CC(N)C(C)n1ncn(-c2ccc(N3CCN(c4ccc(OCC5COC(Cn6nccn6)(c6ccccc6)O5)cc4)CC3)cc2)c1=O.CCC(C)n1ncn(-c2ccc(N3CCN(c4ccc(OCC5COC(Cc6ccnnc6)(c6ccccc6)O5)cc4)CC3)cc2)c1=O.CCC(C)n1ncn(-c2ccc(N3CCN(c4ccc(OCC5COC(Cn6nccn6)(c6ccnnc6)O5)cc4)CC3)cc2)c1=O. The molecular formula is C105H120N26O12. The van der Waals surface area contributed by atoms with Crippen LogP contribution in [0.4, 0.5) is 34.1 Å². The fraction of sp³-hybridized carbons (Fsp3) is 0.371. The van der Waals surface area contributed by atoms with Crippen LogP contribution in [0.1, 0.15) is 94.8 Å². The smallest absolute Gasteiger partial charge is 0.350 e. The van der Waals surface area contributed by atoms with Gasteiger partial charge in [-0.3, -0.25) is 0 Å². The highest BCUT2D eigenvalue weighted by Crippen LogP contribution is 2.41. The summed E-state index contributed by atoms with van der Waals surface area (Å²) in [5.74, 6) is -0.610. The quantitative estimate of drug-likeness (QED) is 0.0399. The van der Waals surface area contributed by atoms with Gasteiger partial charge in [-0.05, 0) is 204 Å². The molecule has 6 aliphatic heterocycles. The fourth-order valence-corrected chi connectivity index (χ4v) is 18.5. The first-order chi connectivity index (χ1) is 69.9. The standard InChI is InChI=1S/C37H41N7O4.C35H41N9O4.C33H38N10O4/c1-3-28(2)44-36(45)43(27-40-44)33-11-9-31(10-12-33)41-19-21-42(22-20-41)32-13-15-34(16-14-32)46-25-35-26-47-37(48-35,30-7-5-4-6-8-30)23-29-17-18-38-39-24-29;1-26(36)27(2)44-34(45)42(25-39-44)31-10-8-29(9-11-31)40-18-20-41(21-19-40)30-12-14-32(15-13-30)46-22-33-23-47-35(48-33,24-43-37-16-17-38-43)28-6-4-3-5-7-28;1-3-25(2)43-32(44)41(24-38-43)29-6-4-27(5-7-29)39-16-18-40(19-17-39)28-8-10-30(11-9-28)45-21-31-22-46-33(47-31,23-42-36-14-15-37-42)26-12-13-34-35-20-26/h4-18,24,27-28,35H,3,19-23,25-26H2,1-2H3;3-17,25-27,33H,18-24,36H2,1-2H3;4-15,20,24-25,31H,3,16-19,21-23H2,1-2H3. The summed E-state index contributed by atoms with van der Waals surface area (Å²) in [6.07, 6.45) is 19.5. The Morgan fingerprint density at radius 1 is 0.336 bits per heavy atom. The molecule has 13 heterocycles. The van der Waals surface area contributed by atoms with Crippen LogP contribution in [0.25, 0.3) is 17.1 Å². The molecule has 0 saturated carbocycles. The van der Waals surface area contributed by atoms with E-state index in [4.69, 9.17) is 48.4 Å². The van der Waals surface area contributed by atoms with Gasteiger partial charge in [-0.25, -0.2) is 42.1 Å². The highest BCUT2D eigenvalue weighted by atomic mass is 16.8. The Hall–Kier alpha value is -15.1. The molecule has 38 nitrogen and oxygen atoms in total. The van der Waals surface area contributed by atoms with Crippen molar-refractivity contribution in [2.75, 3.05) is 148 Å². The van der Waals surface area contributed by atoms with Crippen molar-refractivity contribution in [3.63, 3.8) is 0 Å². The van der Waals surface area contributed by atoms with Gasteiger partial charge in [0.1, 0.15) is 87.5 Å². The molecule has 143 heavy (non-hydrogen) atoms. The van der Waals surface area contributed by atoms with Gasteiger partial charge in [-0.1, -0.05) is 74.5 Å². The maximum absolute atomic E-state index is 12.9. The van der Waals surface area contributed by atoms with E-state index in [1.165, 1.54) is 15.2 Å². The largest absolute Gasteiger partial charge is 0.491 e. The van der Waals surface area contributed by atoms with E-state index in [1.54, 1.807) is 96.4 Å². The van der Waals surface area contributed by atoms with Crippen LogP contribution in [0.3, 0.4) is 0 Å². The van der Waals surface area contributed by atoms with Gasteiger partial charge in [-0.15, -0.1) is 0 Å². The zero-order chi connectivity index (χ0) is 98.2. The van der Waals surface area contributed by atoms with E-state index in [-0.39, 0.29) is 66.1 Å². The third-order valence-corrected chi connectivity index (χ3v) is 27.2. The predicted molar refractivity (Wildman–Crippen MR) is 539 cm³/mol. The van der Waals surface area contributed by atoms with E-state index in [1.807, 2.05) is 180 Å². The van der Waals surface area contributed by atoms with Crippen LogP contribution in [-0.2, 0) is 65.3 Å². The maximum Gasteiger partial charge on any atom is 0.350 e. The minimum atomic E-state index is -1.08. The zero-order valence-electron chi connectivity index (χ0n) is 81.1. The van der Waals surface area contributed by atoms with Gasteiger partial charge >= 0.3 is 17.1 Å². The second-order valence-electron chi connectivity index (χ2n) is 36.5. The molecule has 10 unspecified atom stereocenters. The molecule has 6 saturated heterocycles. The molecule has 0 radical (unpaired) electrons. The van der Waals surface area contributed by atoms with Gasteiger partial charge in [0.15, 0.2) is 5.79 Å². The normalized spacial score (nSPS) is 20.5. The van der Waals surface area contributed by atoms with Crippen LogP contribution >= 0.6 is 0 Å². The Morgan fingerprint density at radius 3 is 0.965 bits per heavy atom. The molecule has 2 N–H and O–H groups in total. The van der Waals surface area contributed by atoms with Crippen LogP contribution in [0.15, 0.2) is 301 Å². The lowest BCUT2D eigenvalue weighted by Gasteiger charge is -2.37. The van der Waals surface area contributed by atoms with E-state index in [2.05, 4.69) is 165 Å². The van der Waals surface area contributed by atoms with E-state index < -0.39 is 17.4 Å². The minimum absolute atomic E-state index is 0.0688. The number of piperazine rings is 3. The molecule has 742 valence electrons. The Balaban J connectivity index is 0.000000136. The van der Waals surface area contributed by atoms with Gasteiger partial charge in [0.05, 0.1) is 98.4 Å². The first kappa shape index (κ1) is 96.8. The second kappa shape index (κ2) is 44.4. The van der Waals surface area contributed by atoms with Crippen LogP contribution in [0.2, 0.25) is 0 Å². The van der Waals surface area contributed by atoms with E-state index in [0.717, 1.165) is 176 Å². The topological polar surface area (TPSA) is 361 Å². The second-order valence-corrected chi connectivity index (χ2v) is 36.5. The highest BCUT2D eigenvalue weighted by molar-refractivity contribution is 5.59. The number of hydrogen-bond donors (Lipinski definition) is 1. The molecule has 7 aromatic heterocycles. The molecule has 21 rings (SSSR count). The van der Waals surface area contributed by atoms with Crippen molar-refractivity contribution in [1.29, 1.82) is 0 Å². The number of hydrogen-bond acceptors (Lipinski definition) is 30. The van der Waals surface area contributed by atoms with E-state index >= 15 is 0 Å². The summed E-state index contributed by atoms with van der Waals surface area (Å²) >= 11 is 0. The van der Waals surface area contributed by atoms with Crippen molar-refractivity contribution < 1.29 is 42.6 Å². The summed E-state index contributed by atoms with van der Waals surface area (Å²) < 4.78 is 65.9. The summed E-state index contributed by atoms with van der Waals surface area (Å²) in [7, 11) is 0.